The van der Waals surface area contributed by atoms with Crippen molar-refractivity contribution in [1.82, 2.24) is 4.90 Å². The van der Waals surface area contributed by atoms with E-state index in [1.807, 2.05) is 0 Å². The van der Waals surface area contributed by atoms with Gasteiger partial charge in [-0.3, -0.25) is 9.59 Å². The van der Waals surface area contributed by atoms with E-state index in [0.717, 1.165) is 19.4 Å². The molecular weight excluding hydrogens is 319 g/mol. The third-order valence-electron chi connectivity index (χ3n) is 6.14. The fourth-order valence-electron chi connectivity index (χ4n) is 4.91. The van der Waals surface area contributed by atoms with E-state index in [2.05, 4.69) is 4.90 Å². The predicted molar refractivity (Wildman–Crippen MR) is 93.6 cm³/mol. The molecule has 3 aliphatic rings. The molecule has 1 aliphatic carbocycles. The van der Waals surface area contributed by atoms with Crippen molar-refractivity contribution in [3.63, 3.8) is 0 Å². The number of likely N-dealkylation sites (tertiary alicyclic amines) is 1. The van der Waals surface area contributed by atoms with Crippen molar-refractivity contribution in [2.45, 2.75) is 51.0 Å². The van der Waals surface area contributed by atoms with Gasteiger partial charge in [0.15, 0.2) is 0 Å². The molecule has 2 heterocycles. The van der Waals surface area contributed by atoms with Crippen molar-refractivity contribution >= 4 is 17.5 Å². The highest BCUT2D eigenvalue weighted by Gasteiger charge is 2.42. The molecule has 2 aliphatic heterocycles. The summed E-state index contributed by atoms with van der Waals surface area (Å²) in [7, 11) is 0. The Morgan fingerprint density at radius 1 is 1.08 bits per heavy atom. The Hall–Kier alpha value is -1.91. The molecule has 4 nitrogen and oxygen atoms in total. The summed E-state index contributed by atoms with van der Waals surface area (Å²) >= 11 is 0. The molecule has 5 heteroatoms. The average Bonchev–Trinajstić information content (AvgIpc) is 3.02. The standard InChI is InChI=1S/C20H25FN2O2/c21-16-8-2-4-10-18(16)23-13-15(12-19(23)24)20(25)22-11-5-7-14-6-1-3-9-17(14)22/h2,4,8,10,14-15,17H,1,3,5-7,9,11-13H2. The number of para-hydroxylation sites is 1. The molecule has 2 amide bonds. The molecule has 0 spiro atoms. The Kier molecular flexibility index (Phi) is 4.48. The van der Waals surface area contributed by atoms with Crippen LogP contribution in [0.25, 0.3) is 0 Å². The molecule has 1 aromatic rings. The topological polar surface area (TPSA) is 40.6 Å². The number of hydrogen-bond acceptors (Lipinski definition) is 2. The Labute approximate surface area is 148 Å². The van der Waals surface area contributed by atoms with Gasteiger partial charge < -0.3 is 9.80 Å². The summed E-state index contributed by atoms with van der Waals surface area (Å²) in [5.74, 6) is -0.169. The van der Waals surface area contributed by atoms with Crippen LogP contribution in [-0.4, -0.2) is 35.8 Å². The molecule has 0 N–H and O–H groups in total. The van der Waals surface area contributed by atoms with E-state index in [-0.39, 0.29) is 29.8 Å². The number of halogens is 1. The number of anilines is 1. The Morgan fingerprint density at radius 2 is 1.84 bits per heavy atom. The van der Waals surface area contributed by atoms with Gasteiger partial charge in [-0.1, -0.05) is 25.0 Å². The van der Waals surface area contributed by atoms with Gasteiger partial charge in [0.2, 0.25) is 11.8 Å². The van der Waals surface area contributed by atoms with Crippen LogP contribution in [0.5, 0.6) is 0 Å². The lowest BCUT2D eigenvalue weighted by molar-refractivity contribution is -0.142. The third kappa shape index (κ3) is 3.05. The fourth-order valence-corrected chi connectivity index (χ4v) is 4.91. The summed E-state index contributed by atoms with van der Waals surface area (Å²) in [6, 6.07) is 6.65. The second-order valence-corrected chi connectivity index (χ2v) is 7.64. The molecule has 4 rings (SSSR count). The molecule has 1 aromatic carbocycles. The predicted octanol–water partition coefficient (Wildman–Crippen LogP) is 3.36. The summed E-state index contributed by atoms with van der Waals surface area (Å²) in [5, 5.41) is 0. The third-order valence-corrected chi connectivity index (χ3v) is 6.14. The molecule has 0 radical (unpaired) electrons. The van der Waals surface area contributed by atoms with Crippen LogP contribution in [-0.2, 0) is 9.59 Å². The lowest BCUT2D eigenvalue weighted by Gasteiger charge is -2.45. The fraction of sp³-hybridized carbons (Fsp3) is 0.600. The first kappa shape index (κ1) is 16.6. The van der Waals surface area contributed by atoms with Gasteiger partial charge in [-0.05, 0) is 43.7 Å². The van der Waals surface area contributed by atoms with Gasteiger partial charge in [-0.25, -0.2) is 4.39 Å². The maximum atomic E-state index is 14.0. The zero-order valence-electron chi connectivity index (χ0n) is 14.5. The van der Waals surface area contributed by atoms with Gasteiger partial charge in [0, 0.05) is 25.6 Å². The van der Waals surface area contributed by atoms with Crippen LogP contribution in [0.2, 0.25) is 0 Å². The van der Waals surface area contributed by atoms with E-state index in [1.54, 1.807) is 18.2 Å². The maximum Gasteiger partial charge on any atom is 0.228 e. The molecule has 134 valence electrons. The molecule has 25 heavy (non-hydrogen) atoms. The second kappa shape index (κ2) is 6.77. The van der Waals surface area contributed by atoms with Crippen molar-refractivity contribution in [2.75, 3.05) is 18.0 Å². The van der Waals surface area contributed by atoms with Gasteiger partial charge in [0.25, 0.3) is 0 Å². The number of fused-ring (bicyclic) bond motifs is 1. The van der Waals surface area contributed by atoms with Gasteiger partial charge in [-0.2, -0.15) is 0 Å². The van der Waals surface area contributed by atoms with E-state index < -0.39 is 5.82 Å². The number of carbonyl (C=O) groups is 2. The monoisotopic (exact) mass is 344 g/mol. The summed E-state index contributed by atoms with van der Waals surface area (Å²) < 4.78 is 14.0. The number of rotatable bonds is 2. The highest BCUT2D eigenvalue weighted by atomic mass is 19.1. The van der Waals surface area contributed by atoms with Crippen LogP contribution in [0.4, 0.5) is 10.1 Å². The molecule has 0 bridgehead atoms. The number of benzene rings is 1. The first-order chi connectivity index (χ1) is 12.1. The molecule has 3 atom stereocenters. The Morgan fingerprint density at radius 3 is 2.68 bits per heavy atom. The van der Waals surface area contributed by atoms with Crippen LogP contribution in [0.3, 0.4) is 0 Å². The summed E-state index contributed by atoms with van der Waals surface area (Å²) in [5.41, 5.74) is 0.289. The first-order valence-electron chi connectivity index (χ1n) is 9.50. The zero-order chi connectivity index (χ0) is 17.4. The molecular formula is C20H25FN2O2. The van der Waals surface area contributed by atoms with Gasteiger partial charge in [0.1, 0.15) is 5.82 Å². The molecule has 0 aromatic heterocycles. The normalized spacial score (nSPS) is 29.6. The highest BCUT2D eigenvalue weighted by Crippen LogP contribution is 2.37. The maximum absolute atomic E-state index is 14.0. The summed E-state index contributed by atoms with van der Waals surface area (Å²) in [4.78, 5) is 29.0. The minimum Gasteiger partial charge on any atom is -0.339 e. The largest absolute Gasteiger partial charge is 0.339 e. The minimum absolute atomic E-state index is 0.101. The molecule has 3 fully saturated rings. The highest BCUT2D eigenvalue weighted by molar-refractivity contribution is 6.00. The quantitative estimate of drug-likeness (QED) is 0.825. The van der Waals surface area contributed by atoms with E-state index in [9.17, 15) is 14.0 Å². The van der Waals surface area contributed by atoms with Crippen molar-refractivity contribution in [2.24, 2.45) is 11.8 Å². The van der Waals surface area contributed by atoms with Crippen LogP contribution < -0.4 is 4.90 Å². The lowest BCUT2D eigenvalue weighted by Crippen LogP contribution is -2.51. The van der Waals surface area contributed by atoms with Gasteiger partial charge in [0.05, 0.1) is 11.6 Å². The SMILES string of the molecule is O=C1CC(C(=O)N2CCCC3CCCCC32)CN1c1ccccc1F. The Bertz CT molecular complexity index is 675. The van der Waals surface area contributed by atoms with Crippen LogP contribution in [0.15, 0.2) is 24.3 Å². The zero-order valence-corrected chi connectivity index (χ0v) is 14.5. The van der Waals surface area contributed by atoms with Gasteiger partial charge in [-0.15, -0.1) is 0 Å². The lowest BCUT2D eigenvalue weighted by atomic mass is 9.78. The Balaban J connectivity index is 1.50. The van der Waals surface area contributed by atoms with Crippen molar-refractivity contribution in [1.29, 1.82) is 0 Å². The number of amides is 2. The first-order valence-corrected chi connectivity index (χ1v) is 9.50. The number of piperidine rings is 1. The van der Waals surface area contributed by atoms with E-state index in [4.69, 9.17) is 0 Å². The summed E-state index contributed by atoms with van der Waals surface area (Å²) in [6.45, 7) is 1.11. The number of nitrogens with zero attached hydrogens (tertiary/aromatic N) is 2. The van der Waals surface area contributed by atoms with Crippen LogP contribution >= 0.6 is 0 Å². The second-order valence-electron chi connectivity index (χ2n) is 7.64. The van der Waals surface area contributed by atoms with Crippen molar-refractivity contribution in [3.05, 3.63) is 30.1 Å². The summed E-state index contributed by atoms with van der Waals surface area (Å²) in [6.07, 6.45) is 7.25. The molecule has 3 unspecified atom stereocenters. The average molecular weight is 344 g/mol. The molecule has 1 saturated carbocycles. The number of hydrogen-bond donors (Lipinski definition) is 0. The molecule has 2 saturated heterocycles. The number of carbonyl (C=O) groups excluding carboxylic acids is 2. The van der Waals surface area contributed by atoms with Crippen LogP contribution in [0, 0.1) is 17.7 Å². The van der Waals surface area contributed by atoms with Crippen LogP contribution in [0.1, 0.15) is 44.9 Å². The van der Waals surface area contributed by atoms with Crippen molar-refractivity contribution in [3.8, 4) is 0 Å². The van der Waals surface area contributed by atoms with E-state index in [0.29, 0.717) is 18.5 Å². The van der Waals surface area contributed by atoms with Crippen molar-refractivity contribution < 1.29 is 14.0 Å². The van der Waals surface area contributed by atoms with E-state index >= 15 is 0 Å². The van der Waals surface area contributed by atoms with E-state index in [1.165, 1.54) is 36.6 Å². The smallest absolute Gasteiger partial charge is 0.228 e. The van der Waals surface area contributed by atoms with Gasteiger partial charge >= 0.3 is 0 Å². The minimum atomic E-state index is -0.408.